The van der Waals surface area contributed by atoms with E-state index in [-0.39, 0.29) is 18.3 Å². The molecule has 0 saturated carbocycles. The molecule has 1 saturated heterocycles. The van der Waals surface area contributed by atoms with Crippen LogP contribution >= 0.6 is 11.3 Å². The zero-order chi connectivity index (χ0) is 16.6. The van der Waals surface area contributed by atoms with Crippen LogP contribution in [-0.2, 0) is 4.79 Å². The number of amides is 1. The van der Waals surface area contributed by atoms with Crippen LogP contribution in [0.25, 0.3) is 10.4 Å². The van der Waals surface area contributed by atoms with E-state index in [9.17, 15) is 14.0 Å². The van der Waals surface area contributed by atoms with E-state index in [4.69, 9.17) is 5.11 Å². The number of nitrogens with zero attached hydrogens (tertiary/aromatic N) is 1. The van der Waals surface area contributed by atoms with E-state index < -0.39 is 11.9 Å². The molecule has 1 aromatic carbocycles. The summed E-state index contributed by atoms with van der Waals surface area (Å²) in [5, 5.41) is 9.04. The number of carboxylic acids is 1. The normalized spacial score (nSPS) is 17.5. The fourth-order valence-corrected chi connectivity index (χ4v) is 3.92. The lowest BCUT2D eigenvalue weighted by Crippen LogP contribution is -2.29. The van der Waals surface area contributed by atoms with Crippen LogP contribution in [0, 0.1) is 18.7 Å². The molecule has 23 heavy (non-hydrogen) atoms. The molecule has 1 atom stereocenters. The molecule has 120 valence electrons. The first kappa shape index (κ1) is 15.7. The second-order valence-corrected chi connectivity index (χ2v) is 6.76. The van der Waals surface area contributed by atoms with E-state index in [0.717, 1.165) is 16.0 Å². The van der Waals surface area contributed by atoms with Gasteiger partial charge in [-0.1, -0.05) is 12.1 Å². The summed E-state index contributed by atoms with van der Waals surface area (Å²) in [6.07, 6.45) is 0.496. The van der Waals surface area contributed by atoms with Crippen molar-refractivity contribution >= 4 is 23.2 Å². The highest BCUT2D eigenvalue weighted by molar-refractivity contribution is 7.17. The Bertz CT molecular complexity index is 754. The second kappa shape index (κ2) is 6.12. The predicted molar refractivity (Wildman–Crippen MR) is 86.1 cm³/mol. The zero-order valence-corrected chi connectivity index (χ0v) is 13.4. The lowest BCUT2D eigenvalue weighted by atomic mass is 10.1. The Morgan fingerprint density at radius 3 is 2.61 bits per heavy atom. The molecule has 3 rings (SSSR count). The summed E-state index contributed by atoms with van der Waals surface area (Å²) in [5.74, 6) is -1.75. The van der Waals surface area contributed by atoms with E-state index in [0.29, 0.717) is 17.8 Å². The van der Waals surface area contributed by atoms with Crippen molar-refractivity contribution in [2.24, 2.45) is 5.92 Å². The standard InChI is InChI=1S/C17H16FNO3S/c1-10-8-14(16(20)19-7-6-12(9-19)17(21)22)23-15(10)11-2-4-13(18)5-3-11/h2-5,8,12H,6-7,9H2,1H3,(H,21,22)/t12-/m1/s1. The van der Waals surface area contributed by atoms with Crippen LogP contribution in [0.15, 0.2) is 30.3 Å². The van der Waals surface area contributed by atoms with Crippen LogP contribution in [0.1, 0.15) is 21.7 Å². The molecule has 1 fully saturated rings. The summed E-state index contributed by atoms with van der Waals surface area (Å²) in [4.78, 5) is 26.7. The van der Waals surface area contributed by atoms with Gasteiger partial charge in [0, 0.05) is 18.0 Å². The summed E-state index contributed by atoms with van der Waals surface area (Å²) in [6.45, 7) is 2.64. The number of carbonyl (C=O) groups is 2. The van der Waals surface area contributed by atoms with Crippen molar-refractivity contribution < 1.29 is 19.1 Å². The summed E-state index contributed by atoms with van der Waals surface area (Å²) in [7, 11) is 0. The number of carboxylic acid groups (broad SMARTS) is 1. The Kier molecular flexibility index (Phi) is 4.17. The van der Waals surface area contributed by atoms with Gasteiger partial charge in [0.1, 0.15) is 5.82 Å². The number of hydrogen-bond donors (Lipinski definition) is 1. The van der Waals surface area contributed by atoms with Crippen LogP contribution in [0.4, 0.5) is 4.39 Å². The van der Waals surface area contributed by atoms with Gasteiger partial charge in [-0.2, -0.15) is 0 Å². The minimum absolute atomic E-state index is 0.129. The quantitative estimate of drug-likeness (QED) is 0.936. The molecule has 4 nitrogen and oxygen atoms in total. The van der Waals surface area contributed by atoms with Crippen molar-refractivity contribution in [3.05, 3.63) is 46.6 Å². The highest BCUT2D eigenvalue weighted by atomic mass is 32.1. The van der Waals surface area contributed by atoms with Crippen LogP contribution in [-0.4, -0.2) is 35.0 Å². The first-order valence-corrected chi connectivity index (χ1v) is 8.16. The molecule has 0 bridgehead atoms. The maximum atomic E-state index is 13.0. The van der Waals surface area contributed by atoms with E-state index in [1.54, 1.807) is 17.0 Å². The van der Waals surface area contributed by atoms with Crippen molar-refractivity contribution in [2.75, 3.05) is 13.1 Å². The Morgan fingerprint density at radius 2 is 2.00 bits per heavy atom. The number of rotatable bonds is 3. The van der Waals surface area contributed by atoms with Crippen LogP contribution in [0.5, 0.6) is 0 Å². The number of aryl methyl sites for hydroxylation is 1. The van der Waals surface area contributed by atoms with Gasteiger partial charge in [0.05, 0.1) is 10.8 Å². The van der Waals surface area contributed by atoms with Crippen molar-refractivity contribution in [3.63, 3.8) is 0 Å². The Balaban J connectivity index is 1.82. The number of hydrogen-bond acceptors (Lipinski definition) is 3. The lowest BCUT2D eigenvalue weighted by molar-refractivity contribution is -0.141. The Hall–Kier alpha value is -2.21. The molecule has 2 aromatic rings. The van der Waals surface area contributed by atoms with Gasteiger partial charge >= 0.3 is 5.97 Å². The van der Waals surface area contributed by atoms with Gasteiger partial charge < -0.3 is 10.0 Å². The number of likely N-dealkylation sites (tertiary alicyclic amines) is 1. The van der Waals surface area contributed by atoms with Gasteiger partial charge in [-0.3, -0.25) is 9.59 Å². The highest BCUT2D eigenvalue weighted by Gasteiger charge is 2.32. The number of thiophene rings is 1. The van der Waals surface area contributed by atoms with E-state index in [1.807, 2.05) is 13.0 Å². The third-order valence-electron chi connectivity index (χ3n) is 4.06. The van der Waals surface area contributed by atoms with Gasteiger partial charge in [0.25, 0.3) is 5.91 Å². The van der Waals surface area contributed by atoms with Crippen LogP contribution in [0.3, 0.4) is 0 Å². The van der Waals surface area contributed by atoms with E-state index in [1.165, 1.54) is 23.5 Å². The largest absolute Gasteiger partial charge is 0.481 e. The number of carbonyl (C=O) groups excluding carboxylic acids is 1. The first-order chi connectivity index (χ1) is 11.0. The Labute approximate surface area is 137 Å². The van der Waals surface area contributed by atoms with Gasteiger partial charge in [0.15, 0.2) is 0 Å². The maximum absolute atomic E-state index is 13.0. The average Bonchev–Trinajstić information content (AvgIpc) is 3.14. The smallest absolute Gasteiger partial charge is 0.308 e. The SMILES string of the molecule is Cc1cc(C(=O)N2CC[C@@H](C(=O)O)C2)sc1-c1ccc(F)cc1. The van der Waals surface area contributed by atoms with Crippen LogP contribution < -0.4 is 0 Å². The van der Waals surface area contributed by atoms with Gasteiger partial charge in [-0.25, -0.2) is 4.39 Å². The molecule has 0 radical (unpaired) electrons. The predicted octanol–water partition coefficient (Wildman–Crippen LogP) is 3.41. The van der Waals surface area contributed by atoms with E-state index in [2.05, 4.69) is 0 Å². The summed E-state index contributed by atoms with van der Waals surface area (Å²) in [5.41, 5.74) is 1.83. The van der Waals surface area contributed by atoms with Crippen LogP contribution in [0.2, 0.25) is 0 Å². The second-order valence-electron chi connectivity index (χ2n) is 5.70. The van der Waals surface area contributed by atoms with Crippen molar-refractivity contribution in [1.82, 2.24) is 4.90 Å². The molecule has 0 aliphatic carbocycles. The third kappa shape index (κ3) is 3.12. The van der Waals surface area contributed by atoms with Crippen molar-refractivity contribution in [1.29, 1.82) is 0 Å². The number of aliphatic carboxylic acids is 1. The number of halogens is 1. The van der Waals surface area contributed by atoms with Crippen molar-refractivity contribution in [3.8, 4) is 10.4 Å². The topological polar surface area (TPSA) is 57.6 Å². The van der Waals surface area contributed by atoms with Gasteiger partial charge in [-0.15, -0.1) is 11.3 Å². The summed E-state index contributed by atoms with van der Waals surface area (Å²) < 4.78 is 13.0. The molecule has 1 aromatic heterocycles. The van der Waals surface area contributed by atoms with Gasteiger partial charge in [0.2, 0.25) is 0 Å². The summed E-state index contributed by atoms with van der Waals surface area (Å²) in [6, 6.07) is 8.00. The number of benzene rings is 1. The molecule has 6 heteroatoms. The minimum atomic E-state index is -0.852. The molecule has 2 heterocycles. The monoisotopic (exact) mass is 333 g/mol. The average molecular weight is 333 g/mol. The fourth-order valence-electron chi connectivity index (χ4n) is 2.78. The minimum Gasteiger partial charge on any atom is -0.481 e. The highest BCUT2D eigenvalue weighted by Crippen LogP contribution is 2.33. The molecule has 0 unspecified atom stereocenters. The molecular formula is C17H16FNO3S. The maximum Gasteiger partial charge on any atom is 0.308 e. The molecule has 1 N–H and O–H groups in total. The zero-order valence-electron chi connectivity index (χ0n) is 12.6. The Morgan fingerprint density at radius 1 is 1.30 bits per heavy atom. The fraction of sp³-hybridized carbons (Fsp3) is 0.294. The molecular weight excluding hydrogens is 317 g/mol. The lowest BCUT2D eigenvalue weighted by Gasteiger charge is -2.14. The van der Waals surface area contributed by atoms with Crippen molar-refractivity contribution in [2.45, 2.75) is 13.3 Å². The molecule has 1 aliphatic heterocycles. The van der Waals surface area contributed by atoms with E-state index >= 15 is 0 Å². The van der Waals surface area contributed by atoms with Gasteiger partial charge in [-0.05, 0) is 42.7 Å². The third-order valence-corrected chi connectivity index (χ3v) is 5.33. The molecule has 1 aliphatic rings. The summed E-state index contributed by atoms with van der Waals surface area (Å²) >= 11 is 1.36. The molecule has 0 spiro atoms. The molecule has 1 amide bonds. The first-order valence-electron chi connectivity index (χ1n) is 7.34.